The molecule has 4 aromatic carbocycles. The Labute approximate surface area is 216 Å². The minimum Gasteiger partial charge on any atom is -0.457 e. The molecule has 0 aliphatic heterocycles. The summed E-state index contributed by atoms with van der Waals surface area (Å²) in [6.07, 6.45) is 0. The molecule has 0 spiro atoms. The van der Waals surface area contributed by atoms with E-state index in [0.717, 1.165) is 15.4 Å². The van der Waals surface area contributed by atoms with Crippen molar-refractivity contribution in [2.24, 2.45) is 0 Å². The second-order valence-electron chi connectivity index (χ2n) is 8.20. The van der Waals surface area contributed by atoms with Crippen LogP contribution in [0.25, 0.3) is 0 Å². The molecule has 0 aliphatic rings. The number of carbonyl (C=O) groups excluding carboxylic acids is 1. The third kappa shape index (κ3) is 6.73. The Morgan fingerprint density at radius 1 is 0.861 bits per heavy atom. The van der Waals surface area contributed by atoms with E-state index in [9.17, 15) is 13.2 Å². The summed E-state index contributed by atoms with van der Waals surface area (Å²) in [5.41, 5.74) is 2.31. The molecule has 0 fully saturated rings. The Balaban J connectivity index is 1.50. The van der Waals surface area contributed by atoms with Gasteiger partial charge in [0.25, 0.3) is 0 Å². The molecule has 1 N–H and O–H groups in total. The number of nitrogens with zero attached hydrogens (tertiary/aromatic N) is 1. The average molecular weight is 521 g/mol. The first-order valence-electron chi connectivity index (χ1n) is 11.2. The van der Waals surface area contributed by atoms with Crippen molar-refractivity contribution >= 4 is 33.2 Å². The lowest BCUT2D eigenvalue weighted by Gasteiger charge is -2.22. The van der Waals surface area contributed by atoms with Gasteiger partial charge in [0.05, 0.1) is 11.4 Å². The Morgan fingerprint density at radius 3 is 2.19 bits per heavy atom. The van der Waals surface area contributed by atoms with Gasteiger partial charge in [-0.1, -0.05) is 59.6 Å². The number of sulfonamides is 1. The summed E-state index contributed by atoms with van der Waals surface area (Å²) in [7, 11) is -3.96. The van der Waals surface area contributed by atoms with E-state index in [-0.39, 0.29) is 18.0 Å². The number of carbonyl (C=O) groups is 1. The maximum Gasteiger partial charge on any atom is 0.243 e. The van der Waals surface area contributed by atoms with Crippen LogP contribution < -0.4 is 10.1 Å². The van der Waals surface area contributed by atoms with Crippen LogP contribution in [0.15, 0.2) is 108 Å². The number of hydrogen-bond acceptors (Lipinski definition) is 4. The van der Waals surface area contributed by atoms with E-state index in [1.165, 1.54) is 24.3 Å². The van der Waals surface area contributed by atoms with E-state index in [4.69, 9.17) is 16.3 Å². The summed E-state index contributed by atoms with van der Waals surface area (Å²) >= 11 is 5.94. The third-order valence-electron chi connectivity index (χ3n) is 5.33. The number of nitrogens with one attached hydrogen (secondary N) is 1. The molecule has 0 radical (unpaired) electrons. The quantitative estimate of drug-likeness (QED) is 0.282. The van der Waals surface area contributed by atoms with Crippen LogP contribution in [0.4, 0.5) is 5.69 Å². The van der Waals surface area contributed by atoms with Crippen molar-refractivity contribution in [2.75, 3.05) is 11.9 Å². The van der Waals surface area contributed by atoms with Crippen LogP contribution in [0.2, 0.25) is 5.02 Å². The number of amides is 1. The van der Waals surface area contributed by atoms with Crippen molar-refractivity contribution in [3.8, 4) is 11.5 Å². The molecule has 0 aromatic heterocycles. The standard InChI is InChI=1S/C28H25ClN2O4S/c1-21-6-5-7-22(18-21)19-31(36(33,34)27-16-10-23(29)11-17-27)20-28(32)30-24-12-14-26(15-13-24)35-25-8-3-2-4-9-25/h2-18H,19-20H2,1H3,(H,30,32). The van der Waals surface area contributed by atoms with E-state index >= 15 is 0 Å². The van der Waals surface area contributed by atoms with Crippen molar-refractivity contribution in [1.82, 2.24) is 4.31 Å². The highest BCUT2D eigenvalue weighted by Crippen LogP contribution is 2.24. The van der Waals surface area contributed by atoms with Crippen LogP contribution >= 0.6 is 11.6 Å². The van der Waals surface area contributed by atoms with Crippen molar-refractivity contribution in [3.05, 3.63) is 119 Å². The number of benzene rings is 4. The van der Waals surface area contributed by atoms with Crippen LogP contribution in [0.1, 0.15) is 11.1 Å². The van der Waals surface area contributed by atoms with Crippen LogP contribution in [-0.2, 0) is 21.4 Å². The zero-order chi connectivity index (χ0) is 25.5. The van der Waals surface area contributed by atoms with Gasteiger partial charge in [-0.15, -0.1) is 0 Å². The van der Waals surface area contributed by atoms with Crippen molar-refractivity contribution < 1.29 is 17.9 Å². The highest BCUT2D eigenvalue weighted by atomic mass is 35.5. The van der Waals surface area contributed by atoms with E-state index in [1.807, 2.05) is 61.5 Å². The summed E-state index contributed by atoms with van der Waals surface area (Å²) in [5.74, 6) is 0.857. The normalized spacial score (nSPS) is 11.3. The number of rotatable bonds is 9. The third-order valence-corrected chi connectivity index (χ3v) is 7.39. The minimum atomic E-state index is -3.96. The Bertz CT molecular complexity index is 1420. The summed E-state index contributed by atoms with van der Waals surface area (Å²) in [4.78, 5) is 13.0. The fourth-order valence-electron chi connectivity index (χ4n) is 3.59. The second kappa shape index (κ2) is 11.4. The molecule has 0 saturated carbocycles. The van der Waals surface area contributed by atoms with Crippen LogP contribution in [0, 0.1) is 6.92 Å². The van der Waals surface area contributed by atoms with Crippen LogP contribution in [0.3, 0.4) is 0 Å². The van der Waals surface area contributed by atoms with Crippen molar-refractivity contribution in [1.29, 1.82) is 0 Å². The largest absolute Gasteiger partial charge is 0.457 e. The van der Waals surface area contributed by atoms with E-state index in [2.05, 4.69) is 5.32 Å². The summed E-state index contributed by atoms with van der Waals surface area (Å²) in [5, 5.41) is 3.20. The molecule has 4 rings (SSSR count). The molecule has 0 aliphatic carbocycles. The zero-order valence-corrected chi connectivity index (χ0v) is 21.2. The topological polar surface area (TPSA) is 75.7 Å². The number of ether oxygens (including phenoxy) is 1. The summed E-state index contributed by atoms with van der Waals surface area (Å²) < 4.78 is 33.8. The molecule has 184 valence electrons. The fourth-order valence-corrected chi connectivity index (χ4v) is 5.10. The first kappa shape index (κ1) is 25.4. The summed E-state index contributed by atoms with van der Waals surface area (Å²) in [6, 6.07) is 29.6. The number of hydrogen-bond donors (Lipinski definition) is 1. The lowest BCUT2D eigenvalue weighted by Crippen LogP contribution is -2.37. The Hall–Kier alpha value is -3.65. The lowest BCUT2D eigenvalue weighted by atomic mass is 10.1. The first-order valence-corrected chi connectivity index (χ1v) is 13.1. The predicted octanol–water partition coefficient (Wildman–Crippen LogP) is 6.27. The molecule has 0 bridgehead atoms. The second-order valence-corrected chi connectivity index (χ2v) is 10.6. The predicted molar refractivity (Wildman–Crippen MR) is 142 cm³/mol. The maximum absolute atomic E-state index is 13.4. The lowest BCUT2D eigenvalue weighted by molar-refractivity contribution is -0.116. The number of anilines is 1. The molecular formula is C28H25ClN2O4S. The van der Waals surface area contributed by atoms with Crippen molar-refractivity contribution in [3.63, 3.8) is 0 Å². The molecule has 4 aromatic rings. The Morgan fingerprint density at radius 2 is 1.53 bits per heavy atom. The minimum absolute atomic E-state index is 0.0455. The van der Waals surface area contributed by atoms with Crippen molar-refractivity contribution in [2.45, 2.75) is 18.4 Å². The average Bonchev–Trinajstić information content (AvgIpc) is 2.86. The van der Waals surface area contributed by atoms with Gasteiger partial charge >= 0.3 is 0 Å². The maximum atomic E-state index is 13.4. The molecule has 0 saturated heterocycles. The van der Waals surface area contributed by atoms with Gasteiger partial charge in [-0.25, -0.2) is 8.42 Å². The first-order chi connectivity index (χ1) is 17.3. The number of halogens is 1. The molecule has 0 atom stereocenters. The van der Waals surface area contributed by atoms with Gasteiger partial charge in [-0.3, -0.25) is 4.79 Å². The van der Waals surface area contributed by atoms with Gasteiger partial charge in [0, 0.05) is 17.3 Å². The molecule has 0 heterocycles. The SMILES string of the molecule is Cc1cccc(CN(CC(=O)Nc2ccc(Oc3ccccc3)cc2)S(=O)(=O)c2ccc(Cl)cc2)c1. The van der Waals surface area contributed by atoms with Gasteiger partial charge < -0.3 is 10.1 Å². The summed E-state index contributed by atoms with van der Waals surface area (Å²) in [6.45, 7) is 1.62. The monoisotopic (exact) mass is 520 g/mol. The number of para-hydroxylation sites is 1. The Kier molecular flexibility index (Phi) is 8.05. The molecule has 36 heavy (non-hydrogen) atoms. The van der Waals surface area contributed by atoms with E-state index < -0.39 is 15.9 Å². The molecule has 0 unspecified atom stereocenters. The highest BCUT2D eigenvalue weighted by Gasteiger charge is 2.27. The van der Waals surface area contributed by atoms with Gasteiger partial charge in [0.2, 0.25) is 15.9 Å². The molecular weight excluding hydrogens is 496 g/mol. The van der Waals surface area contributed by atoms with Gasteiger partial charge in [-0.05, 0) is 73.2 Å². The molecule has 6 nitrogen and oxygen atoms in total. The van der Waals surface area contributed by atoms with Gasteiger partial charge in [0.15, 0.2) is 0 Å². The molecule has 8 heteroatoms. The number of aryl methyl sites for hydroxylation is 1. The zero-order valence-electron chi connectivity index (χ0n) is 19.6. The van der Waals surface area contributed by atoms with Crippen LogP contribution in [0.5, 0.6) is 11.5 Å². The smallest absolute Gasteiger partial charge is 0.243 e. The van der Waals surface area contributed by atoms with E-state index in [0.29, 0.717) is 22.2 Å². The van der Waals surface area contributed by atoms with Gasteiger partial charge in [0.1, 0.15) is 11.5 Å². The molecule has 1 amide bonds. The highest BCUT2D eigenvalue weighted by molar-refractivity contribution is 7.89. The fraction of sp³-hybridized carbons (Fsp3) is 0.107. The van der Waals surface area contributed by atoms with Crippen LogP contribution in [-0.4, -0.2) is 25.2 Å². The van der Waals surface area contributed by atoms with E-state index in [1.54, 1.807) is 24.3 Å². The van der Waals surface area contributed by atoms with Gasteiger partial charge in [-0.2, -0.15) is 4.31 Å².